The maximum Gasteiger partial charge on any atom is 0.119 e. The number of nitrogens with zero attached hydrogens (tertiary/aromatic N) is 1. The second kappa shape index (κ2) is 5.77. The molecule has 4 aliphatic rings. The van der Waals surface area contributed by atoms with Gasteiger partial charge in [0, 0.05) is 41.6 Å². The number of piperidine rings is 1. The van der Waals surface area contributed by atoms with Gasteiger partial charge in [0.25, 0.3) is 0 Å². The second-order valence-electron chi connectivity index (χ2n) is 8.65. The fraction of sp³-hybridized carbons (Fsp3) is 0.636. The van der Waals surface area contributed by atoms with Crippen LogP contribution in [0.3, 0.4) is 0 Å². The van der Waals surface area contributed by atoms with Crippen molar-refractivity contribution in [3.63, 3.8) is 0 Å². The summed E-state index contributed by atoms with van der Waals surface area (Å²) < 4.78 is 5.49. The first kappa shape index (κ1) is 15.7. The number of hydrogen-bond acceptors (Lipinski definition) is 2. The quantitative estimate of drug-likeness (QED) is 0.868. The Balaban J connectivity index is 1.67. The molecule has 3 aliphatic heterocycles. The lowest BCUT2D eigenvalue weighted by Gasteiger charge is -2.43. The molecule has 134 valence electrons. The van der Waals surface area contributed by atoms with Crippen molar-refractivity contribution in [1.29, 1.82) is 0 Å². The average molecular weight is 338 g/mol. The molecule has 1 N–H and O–H groups in total. The molecule has 25 heavy (non-hydrogen) atoms. The van der Waals surface area contributed by atoms with Crippen LogP contribution in [0.25, 0.3) is 10.9 Å². The molecule has 6 rings (SSSR count). The summed E-state index contributed by atoms with van der Waals surface area (Å²) in [5.74, 6) is 4.24. The largest absolute Gasteiger partial charge is 0.497 e. The number of benzene rings is 1. The van der Waals surface area contributed by atoms with Gasteiger partial charge in [-0.1, -0.05) is 20.3 Å². The van der Waals surface area contributed by atoms with Gasteiger partial charge in [-0.05, 0) is 60.8 Å². The van der Waals surface area contributed by atoms with Gasteiger partial charge in [0.1, 0.15) is 5.75 Å². The smallest absolute Gasteiger partial charge is 0.119 e. The first-order chi connectivity index (χ1) is 12.2. The maximum absolute atomic E-state index is 5.49. The Hall–Kier alpha value is -1.48. The van der Waals surface area contributed by atoms with Gasteiger partial charge in [-0.2, -0.15) is 0 Å². The number of rotatable bonds is 2. The number of fused-ring (bicyclic) bond motifs is 5. The molecule has 6 unspecified atom stereocenters. The third-order valence-corrected chi connectivity index (χ3v) is 7.51. The molecule has 2 aromatic rings. The van der Waals surface area contributed by atoms with E-state index in [0.29, 0.717) is 5.92 Å². The highest BCUT2D eigenvalue weighted by Crippen LogP contribution is 2.50. The van der Waals surface area contributed by atoms with E-state index in [1.54, 1.807) is 18.4 Å². The zero-order valence-electron chi connectivity index (χ0n) is 15.7. The van der Waals surface area contributed by atoms with E-state index in [1.165, 1.54) is 49.7 Å². The van der Waals surface area contributed by atoms with Crippen LogP contribution in [-0.4, -0.2) is 36.1 Å². The number of methoxy groups -OCH3 is 1. The van der Waals surface area contributed by atoms with Crippen molar-refractivity contribution in [2.75, 3.05) is 20.2 Å². The molecule has 1 aromatic heterocycles. The summed E-state index contributed by atoms with van der Waals surface area (Å²) in [6.45, 7) is 7.45. The molecule has 0 radical (unpaired) electrons. The molecule has 3 nitrogen and oxygen atoms in total. The molecule has 2 saturated heterocycles. The number of aromatic amines is 1. The standard InChI is InChI=1S/C22H30N2O/c1-4-14-9-13(2)15-10-19-21-17(7-8-24(12-15)22(14)19)18-11-16(25-3)5-6-20(18)23-21/h5-6,11,13-15,19,22-23H,4,7-10,12H2,1-3H3. The average Bonchev–Trinajstić information content (AvgIpc) is 2.81. The Kier molecular flexibility index (Phi) is 3.63. The molecular formula is C22H30N2O. The Morgan fingerprint density at radius 1 is 1.28 bits per heavy atom. The van der Waals surface area contributed by atoms with Crippen LogP contribution in [0.2, 0.25) is 0 Å². The zero-order valence-corrected chi connectivity index (χ0v) is 15.7. The Bertz CT molecular complexity index is 795. The van der Waals surface area contributed by atoms with Gasteiger partial charge in [-0.15, -0.1) is 0 Å². The number of nitrogens with one attached hydrogen (secondary N) is 1. The normalized spacial score (nSPS) is 36.8. The van der Waals surface area contributed by atoms with Crippen LogP contribution < -0.4 is 4.74 Å². The van der Waals surface area contributed by atoms with Crippen molar-refractivity contribution in [3.8, 4) is 5.75 Å². The van der Waals surface area contributed by atoms with Crippen LogP contribution in [0, 0.1) is 17.8 Å². The molecule has 0 amide bonds. The van der Waals surface area contributed by atoms with Crippen LogP contribution in [0.1, 0.15) is 50.3 Å². The predicted octanol–water partition coefficient (Wildman–Crippen LogP) is 4.57. The molecule has 1 saturated carbocycles. The Labute approximate surface area is 150 Å². The summed E-state index contributed by atoms with van der Waals surface area (Å²) in [6.07, 6.45) is 5.28. The topological polar surface area (TPSA) is 28.3 Å². The Morgan fingerprint density at radius 2 is 2.16 bits per heavy atom. The van der Waals surface area contributed by atoms with Crippen molar-refractivity contribution >= 4 is 10.9 Å². The van der Waals surface area contributed by atoms with E-state index in [1.807, 2.05) is 0 Å². The number of aromatic nitrogens is 1. The van der Waals surface area contributed by atoms with Crippen LogP contribution in [-0.2, 0) is 6.42 Å². The van der Waals surface area contributed by atoms with Crippen LogP contribution in [0.15, 0.2) is 18.2 Å². The molecule has 4 bridgehead atoms. The number of ether oxygens (including phenoxy) is 1. The number of H-pyrrole nitrogens is 1. The summed E-state index contributed by atoms with van der Waals surface area (Å²) in [5, 5.41) is 1.39. The van der Waals surface area contributed by atoms with E-state index in [0.717, 1.165) is 29.5 Å². The van der Waals surface area contributed by atoms with Gasteiger partial charge in [-0.3, -0.25) is 4.90 Å². The van der Waals surface area contributed by atoms with Crippen molar-refractivity contribution in [2.24, 2.45) is 17.8 Å². The lowest BCUT2D eigenvalue weighted by molar-refractivity contribution is 0.0763. The van der Waals surface area contributed by atoms with Crippen LogP contribution in [0.4, 0.5) is 0 Å². The van der Waals surface area contributed by atoms with E-state index >= 15 is 0 Å². The summed E-state index contributed by atoms with van der Waals surface area (Å²) in [5.41, 5.74) is 4.41. The predicted molar refractivity (Wildman–Crippen MR) is 102 cm³/mol. The van der Waals surface area contributed by atoms with E-state index in [-0.39, 0.29) is 0 Å². The van der Waals surface area contributed by atoms with Crippen molar-refractivity contribution in [1.82, 2.24) is 9.88 Å². The van der Waals surface area contributed by atoms with Crippen LogP contribution >= 0.6 is 0 Å². The van der Waals surface area contributed by atoms with E-state index in [4.69, 9.17) is 4.74 Å². The van der Waals surface area contributed by atoms with Crippen molar-refractivity contribution in [2.45, 2.75) is 51.5 Å². The molecular weight excluding hydrogens is 308 g/mol. The number of hydrogen-bond donors (Lipinski definition) is 1. The summed E-state index contributed by atoms with van der Waals surface area (Å²) in [4.78, 5) is 6.71. The first-order valence-corrected chi connectivity index (χ1v) is 10.1. The van der Waals surface area contributed by atoms with Gasteiger partial charge in [-0.25, -0.2) is 0 Å². The highest BCUT2D eigenvalue weighted by molar-refractivity contribution is 5.86. The minimum Gasteiger partial charge on any atom is -0.497 e. The molecule has 4 heterocycles. The molecule has 0 spiro atoms. The van der Waals surface area contributed by atoms with Gasteiger partial charge in [0.15, 0.2) is 0 Å². The minimum absolute atomic E-state index is 0.685. The van der Waals surface area contributed by atoms with Gasteiger partial charge < -0.3 is 9.72 Å². The van der Waals surface area contributed by atoms with Crippen molar-refractivity contribution < 1.29 is 4.74 Å². The lowest BCUT2D eigenvalue weighted by Crippen LogP contribution is -2.48. The second-order valence-corrected chi connectivity index (χ2v) is 8.65. The zero-order chi connectivity index (χ0) is 17.1. The van der Waals surface area contributed by atoms with Gasteiger partial charge in [0.2, 0.25) is 0 Å². The molecule has 3 heteroatoms. The molecule has 1 aromatic carbocycles. The Morgan fingerprint density at radius 3 is 2.96 bits per heavy atom. The molecule has 6 atom stereocenters. The van der Waals surface area contributed by atoms with E-state index in [9.17, 15) is 0 Å². The fourth-order valence-electron chi connectivity index (χ4n) is 6.22. The fourth-order valence-corrected chi connectivity index (χ4v) is 6.22. The molecule has 3 fully saturated rings. The van der Waals surface area contributed by atoms with Gasteiger partial charge in [0.05, 0.1) is 7.11 Å². The minimum atomic E-state index is 0.685. The van der Waals surface area contributed by atoms with E-state index < -0.39 is 0 Å². The maximum atomic E-state index is 5.49. The third-order valence-electron chi connectivity index (χ3n) is 7.51. The SMILES string of the molecule is CCC1CC(C)C2CC3c4[nH]c5ccc(OC)cc5c4CCN(C2)C13. The first-order valence-electron chi connectivity index (χ1n) is 10.1. The van der Waals surface area contributed by atoms with Crippen LogP contribution in [0.5, 0.6) is 5.75 Å². The third kappa shape index (κ3) is 2.28. The van der Waals surface area contributed by atoms with Gasteiger partial charge >= 0.3 is 0 Å². The highest BCUT2D eigenvalue weighted by atomic mass is 16.5. The van der Waals surface area contributed by atoms with Crippen molar-refractivity contribution in [3.05, 3.63) is 29.5 Å². The molecule has 1 aliphatic carbocycles. The van der Waals surface area contributed by atoms with E-state index in [2.05, 4.69) is 41.9 Å². The summed E-state index contributed by atoms with van der Waals surface area (Å²) in [7, 11) is 1.77. The summed E-state index contributed by atoms with van der Waals surface area (Å²) >= 11 is 0. The monoisotopic (exact) mass is 338 g/mol. The highest BCUT2D eigenvalue weighted by Gasteiger charge is 2.48. The summed E-state index contributed by atoms with van der Waals surface area (Å²) in [6, 6.07) is 7.26. The lowest BCUT2D eigenvalue weighted by atomic mass is 9.78.